The maximum atomic E-state index is 12.7. The third-order valence-corrected chi connectivity index (χ3v) is 5.94. The number of hydrogen-bond donors (Lipinski definition) is 0. The van der Waals surface area contributed by atoms with Crippen LogP contribution >= 0.6 is 11.6 Å². The van der Waals surface area contributed by atoms with Gasteiger partial charge in [0.2, 0.25) is 0 Å². The first kappa shape index (κ1) is 22.2. The van der Waals surface area contributed by atoms with Gasteiger partial charge in [-0.3, -0.25) is 0 Å². The molecule has 1 saturated carbocycles. The van der Waals surface area contributed by atoms with Gasteiger partial charge in [-0.05, 0) is 67.5 Å². The van der Waals surface area contributed by atoms with E-state index in [1.54, 1.807) is 12.1 Å². The van der Waals surface area contributed by atoms with E-state index in [0.717, 1.165) is 42.7 Å². The van der Waals surface area contributed by atoms with E-state index < -0.39 is 11.4 Å². The second-order valence-corrected chi connectivity index (χ2v) is 8.50. The minimum atomic E-state index is -1.14. The van der Waals surface area contributed by atoms with Crippen molar-refractivity contribution in [1.29, 1.82) is 5.26 Å². The predicted octanol–water partition coefficient (Wildman–Crippen LogP) is 6.52. The second-order valence-electron chi connectivity index (χ2n) is 7.88. The Bertz CT molecular complexity index is 873. The van der Waals surface area contributed by atoms with Gasteiger partial charge in [-0.15, -0.1) is 11.6 Å². The Morgan fingerprint density at radius 1 is 1.10 bits per heavy atom. The van der Waals surface area contributed by atoms with E-state index in [1.165, 1.54) is 12.8 Å². The SMILES string of the molecule is CCCCCOc1ccc(-c2ccc(OC(=O)C3(C#N)CCCC(Cl)C3)cc2)cc1. The Morgan fingerprint density at radius 3 is 2.30 bits per heavy atom. The molecule has 0 N–H and O–H groups in total. The predicted molar refractivity (Wildman–Crippen MR) is 119 cm³/mol. The summed E-state index contributed by atoms with van der Waals surface area (Å²) in [5.41, 5.74) is 0.927. The van der Waals surface area contributed by atoms with Crippen molar-refractivity contribution in [2.45, 2.75) is 57.2 Å². The van der Waals surface area contributed by atoms with Crippen LogP contribution in [0.4, 0.5) is 0 Å². The minimum Gasteiger partial charge on any atom is -0.494 e. The van der Waals surface area contributed by atoms with E-state index in [1.807, 2.05) is 36.4 Å². The molecule has 2 aromatic carbocycles. The summed E-state index contributed by atoms with van der Waals surface area (Å²) in [6.07, 6.45) is 5.85. The van der Waals surface area contributed by atoms with Gasteiger partial charge in [0.15, 0.2) is 5.41 Å². The number of rotatable bonds is 8. The van der Waals surface area contributed by atoms with Crippen LogP contribution in [0.2, 0.25) is 0 Å². The first-order chi connectivity index (χ1) is 14.6. The molecule has 2 atom stereocenters. The van der Waals surface area contributed by atoms with Gasteiger partial charge in [0.05, 0.1) is 12.7 Å². The molecule has 4 nitrogen and oxygen atoms in total. The van der Waals surface area contributed by atoms with Crippen molar-refractivity contribution in [2.75, 3.05) is 6.61 Å². The summed E-state index contributed by atoms with van der Waals surface area (Å²) in [6.45, 7) is 2.91. The fourth-order valence-corrected chi connectivity index (χ4v) is 4.16. The highest BCUT2D eigenvalue weighted by Gasteiger charge is 2.44. The molecule has 0 amide bonds. The molecule has 5 heteroatoms. The second kappa shape index (κ2) is 10.5. The lowest BCUT2D eigenvalue weighted by molar-refractivity contribution is -0.144. The molecule has 0 aromatic heterocycles. The molecule has 1 aliphatic carbocycles. The number of carbonyl (C=O) groups excluding carboxylic acids is 1. The molecular weight excluding hydrogens is 398 g/mol. The number of unbranched alkanes of at least 4 members (excludes halogenated alkanes) is 2. The molecule has 0 radical (unpaired) electrons. The third-order valence-electron chi connectivity index (χ3n) is 5.56. The molecule has 3 rings (SSSR count). The zero-order valence-electron chi connectivity index (χ0n) is 17.4. The average Bonchev–Trinajstić information content (AvgIpc) is 2.77. The summed E-state index contributed by atoms with van der Waals surface area (Å²) in [5, 5.41) is 9.42. The molecule has 2 aromatic rings. The number of nitrogens with zero attached hydrogens (tertiary/aromatic N) is 1. The lowest BCUT2D eigenvalue weighted by atomic mass is 9.75. The van der Waals surface area contributed by atoms with Crippen LogP contribution in [-0.4, -0.2) is 18.0 Å². The number of hydrogen-bond acceptors (Lipinski definition) is 4. The number of esters is 1. The molecule has 158 valence electrons. The zero-order valence-corrected chi connectivity index (χ0v) is 18.2. The van der Waals surface area contributed by atoms with Crippen LogP contribution in [0.15, 0.2) is 48.5 Å². The van der Waals surface area contributed by atoms with Crippen LogP contribution in [0.5, 0.6) is 11.5 Å². The van der Waals surface area contributed by atoms with Gasteiger partial charge in [-0.2, -0.15) is 5.26 Å². The van der Waals surface area contributed by atoms with Gasteiger partial charge in [-0.25, -0.2) is 4.79 Å². The van der Waals surface area contributed by atoms with Crippen molar-refractivity contribution >= 4 is 17.6 Å². The molecule has 0 heterocycles. The van der Waals surface area contributed by atoms with E-state index in [0.29, 0.717) is 18.6 Å². The van der Waals surface area contributed by atoms with Crippen LogP contribution < -0.4 is 9.47 Å². The van der Waals surface area contributed by atoms with E-state index in [4.69, 9.17) is 21.1 Å². The van der Waals surface area contributed by atoms with Crippen LogP contribution in [-0.2, 0) is 4.79 Å². The highest BCUT2D eigenvalue weighted by atomic mass is 35.5. The molecule has 0 aliphatic heterocycles. The van der Waals surface area contributed by atoms with Crippen LogP contribution in [0.25, 0.3) is 11.1 Å². The molecule has 1 aliphatic rings. The number of alkyl halides is 1. The number of benzene rings is 2. The Kier molecular flexibility index (Phi) is 7.76. The molecule has 30 heavy (non-hydrogen) atoms. The molecule has 0 bridgehead atoms. The molecule has 0 spiro atoms. The van der Waals surface area contributed by atoms with Crippen molar-refractivity contribution in [3.63, 3.8) is 0 Å². The van der Waals surface area contributed by atoms with Crippen molar-refractivity contribution in [3.05, 3.63) is 48.5 Å². The Morgan fingerprint density at radius 2 is 1.73 bits per heavy atom. The van der Waals surface area contributed by atoms with E-state index in [-0.39, 0.29) is 5.38 Å². The van der Waals surface area contributed by atoms with Gasteiger partial charge >= 0.3 is 5.97 Å². The molecule has 2 unspecified atom stereocenters. The van der Waals surface area contributed by atoms with Crippen LogP contribution in [0, 0.1) is 16.7 Å². The highest BCUT2D eigenvalue weighted by Crippen LogP contribution is 2.39. The number of nitriles is 1. The fraction of sp³-hybridized carbons (Fsp3) is 0.440. The van der Waals surface area contributed by atoms with Crippen molar-refractivity contribution in [3.8, 4) is 28.7 Å². The van der Waals surface area contributed by atoms with Crippen molar-refractivity contribution in [1.82, 2.24) is 0 Å². The minimum absolute atomic E-state index is 0.160. The third kappa shape index (κ3) is 5.55. The monoisotopic (exact) mass is 425 g/mol. The fourth-order valence-electron chi connectivity index (χ4n) is 3.75. The largest absolute Gasteiger partial charge is 0.494 e. The number of halogens is 1. The summed E-state index contributed by atoms with van der Waals surface area (Å²) in [4.78, 5) is 12.7. The Labute approximate surface area is 183 Å². The lowest BCUT2D eigenvalue weighted by Crippen LogP contribution is -2.38. The summed E-state index contributed by atoms with van der Waals surface area (Å²) in [7, 11) is 0. The molecular formula is C25H28ClNO3. The summed E-state index contributed by atoms with van der Waals surface area (Å²) in [6, 6.07) is 17.5. The first-order valence-corrected chi connectivity index (χ1v) is 11.1. The van der Waals surface area contributed by atoms with Crippen molar-refractivity contribution in [2.24, 2.45) is 5.41 Å². The average molecular weight is 426 g/mol. The first-order valence-electron chi connectivity index (χ1n) is 10.7. The van der Waals surface area contributed by atoms with Gasteiger partial charge in [0.1, 0.15) is 11.5 Å². The number of ether oxygens (including phenoxy) is 2. The van der Waals surface area contributed by atoms with Gasteiger partial charge < -0.3 is 9.47 Å². The van der Waals surface area contributed by atoms with Crippen molar-refractivity contribution < 1.29 is 14.3 Å². The lowest BCUT2D eigenvalue weighted by Gasteiger charge is -2.30. The maximum Gasteiger partial charge on any atom is 0.331 e. The molecule has 1 fully saturated rings. The summed E-state index contributed by atoms with van der Waals surface area (Å²) in [5.74, 6) is 0.797. The van der Waals surface area contributed by atoms with Crippen LogP contribution in [0.1, 0.15) is 51.9 Å². The zero-order chi connectivity index (χ0) is 21.4. The topological polar surface area (TPSA) is 59.3 Å². The van der Waals surface area contributed by atoms with Crippen LogP contribution in [0.3, 0.4) is 0 Å². The van der Waals surface area contributed by atoms with E-state index >= 15 is 0 Å². The van der Waals surface area contributed by atoms with Gasteiger partial charge in [0.25, 0.3) is 0 Å². The Balaban J connectivity index is 1.61. The van der Waals surface area contributed by atoms with Gasteiger partial charge in [-0.1, -0.05) is 44.0 Å². The summed E-state index contributed by atoms with van der Waals surface area (Å²) < 4.78 is 11.3. The maximum absolute atomic E-state index is 12.7. The van der Waals surface area contributed by atoms with Gasteiger partial charge in [0, 0.05) is 5.38 Å². The standard InChI is InChI=1S/C25H28ClNO3/c1-2-3-4-16-29-22-11-7-19(8-12-22)20-9-13-23(14-10-20)30-24(28)25(18-27)15-5-6-21(26)17-25/h7-14,21H,2-6,15-17H2,1H3. The van der Waals surface area contributed by atoms with E-state index in [9.17, 15) is 10.1 Å². The Hall–Kier alpha value is -2.51. The quantitative estimate of drug-likeness (QED) is 0.209. The highest BCUT2D eigenvalue weighted by molar-refractivity contribution is 6.20. The normalized spacial score (nSPS) is 20.9. The molecule has 0 saturated heterocycles. The van der Waals surface area contributed by atoms with E-state index in [2.05, 4.69) is 13.0 Å². The smallest absolute Gasteiger partial charge is 0.331 e. The summed E-state index contributed by atoms with van der Waals surface area (Å²) >= 11 is 6.20. The number of carbonyl (C=O) groups is 1.